The highest BCUT2D eigenvalue weighted by atomic mass is 32.1. The van der Waals surface area contributed by atoms with E-state index in [-0.39, 0.29) is 12.5 Å². The molecule has 1 aromatic carbocycles. The number of aryl methyl sites for hydroxylation is 1. The predicted octanol–water partition coefficient (Wildman–Crippen LogP) is 4.41. The van der Waals surface area contributed by atoms with E-state index in [0.717, 1.165) is 27.2 Å². The highest BCUT2D eigenvalue weighted by Crippen LogP contribution is 2.29. The molecule has 134 valence electrons. The number of pyridine rings is 2. The van der Waals surface area contributed by atoms with E-state index in [0.29, 0.717) is 16.1 Å². The number of aromatic nitrogens is 2. The van der Waals surface area contributed by atoms with Gasteiger partial charge >= 0.3 is 0 Å². The lowest BCUT2D eigenvalue weighted by Gasteiger charge is -2.10. The number of carbonyl (C=O) groups excluding carboxylic acids is 1. The lowest BCUT2D eigenvalue weighted by molar-refractivity contribution is 0.103. The van der Waals surface area contributed by atoms with E-state index >= 15 is 0 Å². The van der Waals surface area contributed by atoms with Crippen LogP contribution in [0.5, 0.6) is 0 Å². The van der Waals surface area contributed by atoms with E-state index in [9.17, 15) is 9.90 Å². The smallest absolute Gasteiger partial charge is 0.265 e. The van der Waals surface area contributed by atoms with Crippen molar-refractivity contribution in [2.45, 2.75) is 13.5 Å². The Bertz CT molecular complexity index is 1120. The maximum atomic E-state index is 12.7. The third-order valence-electron chi connectivity index (χ3n) is 4.22. The molecule has 2 N–H and O–H groups in total. The van der Waals surface area contributed by atoms with Crippen molar-refractivity contribution >= 4 is 33.8 Å². The second-order valence-corrected chi connectivity index (χ2v) is 7.20. The number of anilines is 1. The van der Waals surface area contributed by atoms with Crippen molar-refractivity contribution < 1.29 is 9.90 Å². The minimum Gasteiger partial charge on any atom is -0.392 e. The average molecular weight is 375 g/mol. The summed E-state index contributed by atoms with van der Waals surface area (Å²) in [6, 6.07) is 16.8. The van der Waals surface area contributed by atoms with Crippen molar-refractivity contribution in [3.8, 4) is 10.6 Å². The fourth-order valence-corrected chi connectivity index (χ4v) is 3.86. The first kappa shape index (κ1) is 17.3. The summed E-state index contributed by atoms with van der Waals surface area (Å²) in [4.78, 5) is 23.2. The summed E-state index contributed by atoms with van der Waals surface area (Å²) < 4.78 is 0. The summed E-state index contributed by atoms with van der Waals surface area (Å²) in [6.45, 7) is 1.80. The van der Waals surface area contributed by atoms with Gasteiger partial charge in [-0.1, -0.05) is 18.2 Å². The summed E-state index contributed by atoms with van der Waals surface area (Å²) in [7, 11) is 0. The number of para-hydroxylation sites is 1. The Kier molecular flexibility index (Phi) is 4.66. The van der Waals surface area contributed by atoms with Gasteiger partial charge < -0.3 is 10.4 Å². The molecule has 3 heterocycles. The molecule has 5 nitrogen and oxygen atoms in total. The summed E-state index contributed by atoms with van der Waals surface area (Å²) in [6.07, 6.45) is 1.73. The number of fused-ring (bicyclic) bond motifs is 1. The van der Waals surface area contributed by atoms with Gasteiger partial charge in [0.05, 0.1) is 33.3 Å². The third-order valence-corrected chi connectivity index (χ3v) is 5.33. The summed E-state index contributed by atoms with van der Waals surface area (Å²) >= 11 is 1.39. The highest BCUT2D eigenvalue weighted by molar-refractivity contribution is 7.17. The molecule has 1 amide bonds. The lowest BCUT2D eigenvalue weighted by atomic mass is 10.1. The van der Waals surface area contributed by atoms with Crippen molar-refractivity contribution in [3.05, 3.63) is 76.9 Å². The number of amides is 1. The van der Waals surface area contributed by atoms with Gasteiger partial charge in [0.25, 0.3) is 5.91 Å². The van der Waals surface area contributed by atoms with Crippen LogP contribution in [0.25, 0.3) is 21.5 Å². The SMILES string of the molecule is Cc1cc(CO)c2cccc(NC(=O)c3ccc(-c4ccccn4)s3)c2n1. The van der Waals surface area contributed by atoms with Crippen LogP contribution in [0.3, 0.4) is 0 Å². The fraction of sp³-hybridized carbons (Fsp3) is 0.0952. The molecule has 0 atom stereocenters. The van der Waals surface area contributed by atoms with Gasteiger partial charge in [-0.05, 0) is 48.9 Å². The number of carbonyl (C=O) groups is 1. The third kappa shape index (κ3) is 3.45. The van der Waals surface area contributed by atoms with Crippen LogP contribution in [0.15, 0.2) is 60.8 Å². The van der Waals surface area contributed by atoms with Gasteiger partial charge in [0.15, 0.2) is 0 Å². The first-order valence-corrected chi connectivity index (χ1v) is 9.30. The van der Waals surface area contributed by atoms with E-state index in [4.69, 9.17) is 0 Å². The molecule has 0 saturated carbocycles. The predicted molar refractivity (Wildman–Crippen MR) is 108 cm³/mol. The summed E-state index contributed by atoms with van der Waals surface area (Å²) in [5.74, 6) is -0.191. The second kappa shape index (κ2) is 7.26. The van der Waals surface area contributed by atoms with Crippen molar-refractivity contribution in [1.29, 1.82) is 0 Å². The molecule has 0 saturated heterocycles. The van der Waals surface area contributed by atoms with Crippen LogP contribution in [-0.2, 0) is 6.61 Å². The Labute approximate surface area is 160 Å². The molecule has 0 spiro atoms. The van der Waals surface area contributed by atoms with Gasteiger partial charge in [-0.3, -0.25) is 14.8 Å². The Balaban J connectivity index is 1.66. The van der Waals surface area contributed by atoms with Crippen molar-refractivity contribution in [2.75, 3.05) is 5.32 Å². The van der Waals surface area contributed by atoms with Gasteiger partial charge in [-0.2, -0.15) is 0 Å². The standard InChI is InChI=1S/C21H17N3O2S/c1-13-11-14(12-25)15-5-4-7-17(20(15)23-13)24-21(26)19-9-8-18(27-19)16-6-2-3-10-22-16/h2-11,25H,12H2,1H3,(H,24,26). The zero-order valence-corrected chi connectivity index (χ0v) is 15.5. The number of benzene rings is 1. The maximum absolute atomic E-state index is 12.7. The van der Waals surface area contributed by atoms with Crippen LogP contribution in [0.4, 0.5) is 5.69 Å². The van der Waals surface area contributed by atoms with E-state index in [1.165, 1.54) is 11.3 Å². The molecule has 0 radical (unpaired) electrons. The Morgan fingerprint density at radius 3 is 2.81 bits per heavy atom. The molecule has 3 aromatic heterocycles. The zero-order chi connectivity index (χ0) is 18.8. The minimum absolute atomic E-state index is 0.0738. The normalized spacial score (nSPS) is 10.9. The molecule has 27 heavy (non-hydrogen) atoms. The molecular weight excluding hydrogens is 358 g/mol. The number of hydrogen-bond donors (Lipinski definition) is 2. The van der Waals surface area contributed by atoms with Crippen LogP contribution in [0, 0.1) is 6.92 Å². The molecule has 0 aliphatic rings. The van der Waals surface area contributed by atoms with Crippen LogP contribution < -0.4 is 5.32 Å². The number of aliphatic hydroxyl groups is 1. The number of aliphatic hydroxyl groups excluding tert-OH is 1. The summed E-state index contributed by atoms with van der Waals surface area (Å²) in [5.41, 5.74) is 3.74. The summed E-state index contributed by atoms with van der Waals surface area (Å²) in [5, 5.41) is 13.4. The van der Waals surface area contributed by atoms with Gasteiger partial charge in [0.1, 0.15) is 0 Å². The molecular formula is C21H17N3O2S. The monoisotopic (exact) mass is 375 g/mol. The number of nitrogens with one attached hydrogen (secondary N) is 1. The Hall–Kier alpha value is -3.09. The lowest BCUT2D eigenvalue weighted by Crippen LogP contribution is -2.11. The van der Waals surface area contributed by atoms with Crippen LogP contribution >= 0.6 is 11.3 Å². The van der Waals surface area contributed by atoms with Crippen LogP contribution in [-0.4, -0.2) is 21.0 Å². The van der Waals surface area contributed by atoms with Crippen molar-refractivity contribution in [1.82, 2.24) is 9.97 Å². The number of thiophene rings is 1. The second-order valence-electron chi connectivity index (χ2n) is 6.12. The van der Waals surface area contributed by atoms with E-state index in [1.807, 2.05) is 55.5 Å². The average Bonchev–Trinajstić information content (AvgIpc) is 3.19. The first-order chi connectivity index (χ1) is 13.2. The molecule has 4 rings (SSSR count). The molecule has 0 unspecified atom stereocenters. The molecule has 0 fully saturated rings. The van der Waals surface area contributed by atoms with Crippen LogP contribution in [0.1, 0.15) is 20.9 Å². The molecule has 0 aliphatic heterocycles. The Morgan fingerprint density at radius 2 is 2.04 bits per heavy atom. The number of rotatable bonds is 4. The van der Waals surface area contributed by atoms with E-state index < -0.39 is 0 Å². The van der Waals surface area contributed by atoms with Gasteiger partial charge in [-0.15, -0.1) is 11.3 Å². The largest absolute Gasteiger partial charge is 0.392 e. The van der Waals surface area contributed by atoms with Crippen molar-refractivity contribution in [3.63, 3.8) is 0 Å². The number of hydrogen-bond acceptors (Lipinski definition) is 5. The minimum atomic E-state index is -0.191. The van der Waals surface area contributed by atoms with E-state index in [1.54, 1.807) is 12.3 Å². The zero-order valence-electron chi connectivity index (χ0n) is 14.6. The fourth-order valence-electron chi connectivity index (χ4n) is 2.98. The quantitative estimate of drug-likeness (QED) is 0.554. The maximum Gasteiger partial charge on any atom is 0.265 e. The molecule has 6 heteroatoms. The van der Waals surface area contributed by atoms with Gasteiger partial charge in [0, 0.05) is 17.3 Å². The molecule has 0 bridgehead atoms. The molecule has 0 aliphatic carbocycles. The number of nitrogens with zero attached hydrogens (tertiary/aromatic N) is 2. The highest BCUT2D eigenvalue weighted by Gasteiger charge is 2.14. The van der Waals surface area contributed by atoms with E-state index in [2.05, 4.69) is 15.3 Å². The van der Waals surface area contributed by atoms with Crippen molar-refractivity contribution in [2.24, 2.45) is 0 Å². The van der Waals surface area contributed by atoms with Gasteiger partial charge in [0.2, 0.25) is 0 Å². The Morgan fingerprint density at radius 1 is 1.15 bits per heavy atom. The van der Waals surface area contributed by atoms with Crippen LogP contribution in [0.2, 0.25) is 0 Å². The van der Waals surface area contributed by atoms with Gasteiger partial charge in [-0.25, -0.2) is 0 Å². The first-order valence-electron chi connectivity index (χ1n) is 8.48. The topological polar surface area (TPSA) is 75.1 Å². The molecule has 4 aromatic rings.